The van der Waals surface area contributed by atoms with Crippen molar-refractivity contribution in [1.29, 1.82) is 0 Å². The summed E-state index contributed by atoms with van der Waals surface area (Å²) in [5, 5.41) is -0.569. The summed E-state index contributed by atoms with van der Waals surface area (Å²) in [6, 6.07) is 6.35. The molecule has 2 fully saturated rings. The molecule has 3 aliphatic rings. The second kappa shape index (κ2) is 8.34. The first-order valence-corrected chi connectivity index (χ1v) is 11.9. The van der Waals surface area contributed by atoms with Crippen LogP contribution >= 0.6 is 11.6 Å². The highest BCUT2D eigenvalue weighted by atomic mass is 35.5. The molecule has 0 N–H and O–H groups in total. The van der Waals surface area contributed by atoms with E-state index in [2.05, 4.69) is 9.88 Å². The highest BCUT2D eigenvalue weighted by Crippen LogP contribution is 2.57. The van der Waals surface area contributed by atoms with Gasteiger partial charge in [0.15, 0.2) is 17.4 Å². The molecule has 1 saturated heterocycles. The zero-order valence-corrected chi connectivity index (χ0v) is 19.9. The van der Waals surface area contributed by atoms with Crippen LogP contribution in [0.1, 0.15) is 30.4 Å². The minimum atomic E-state index is -4.77. The standard InChI is InChI=1S/C25H19ClF5N3O3/c26-17-2-1-15(7-16(17)25(29,30)31)37-22-18(27)5-13(6-19(22)28)11-36-20-8-21-33(23(35)32-20)10-14-9-24(3-4-24)12-34(14)21/h1-2,5-8,14H,3-4,9-12H2. The summed E-state index contributed by atoms with van der Waals surface area (Å²) in [6.45, 7) is 1.17. The SMILES string of the molecule is O=c1nc(OCc2cc(F)c(Oc3ccc(Cl)c(C(F)(F)F)c3)c(F)c2)cc2n1CC1CC3(CC3)CN21. The van der Waals surface area contributed by atoms with Gasteiger partial charge in [-0.05, 0) is 60.6 Å². The molecule has 6 nitrogen and oxygen atoms in total. The van der Waals surface area contributed by atoms with Crippen LogP contribution in [0.3, 0.4) is 0 Å². The molecule has 12 heteroatoms. The van der Waals surface area contributed by atoms with Crippen molar-refractivity contribution in [3.63, 3.8) is 0 Å². The molecule has 2 aromatic carbocycles. The molecule has 1 saturated carbocycles. The van der Waals surface area contributed by atoms with E-state index in [-0.39, 0.29) is 24.1 Å². The average molecular weight is 540 g/mol. The van der Waals surface area contributed by atoms with Crippen molar-refractivity contribution in [1.82, 2.24) is 9.55 Å². The quantitative estimate of drug-likeness (QED) is 0.376. The molecule has 1 unspecified atom stereocenters. The number of hydrogen-bond donors (Lipinski definition) is 0. The summed E-state index contributed by atoms with van der Waals surface area (Å²) in [7, 11) is 0. The van der Waals surface area contributed by atoms with Gasteiger partial charge < -0.3 is 14.4 Å². The second-order valence-electron chi connectivity index (χ2n) is 9.75. The Kier molecular flexibility index (Phi) is 5.41. The molecule has 0 amide bonds. The number of alkyl halides is 3. The Morgan fingerprint density at radius 2 is 1.84 bits per heavy atom. The fourth-order valence-electron chi connectivity index (χ4n) is 5.16. The van der Waals surface area contributed by atoms with Crippen molar-refractivity contribution < 1.29 is 31.4 Å². The Balaban J connectivity index is 1.18. The van der Waals surface area contributed by atoms with E-state index in [1.165, 1.54) is 12.8 Å². The normalized spacial score (nSPS) is 19.2. The zero-order chi connectivity index (χ0) is 26.1. The molecule has 194 valence electrons. The first-order valence-electron chi connectivity index (χ1n) is 11.6. The maximum absolute atomic E-state index is 14.7. The zero-order valence-electron chi connectivity index (χ0n) is 19.1. The van der Waals surface area contributed by atoms with Crippen LogP contribution in [0.2, 0.25) is 5.02 Å². The number of rotatable bonds is 5. The smallest absolute Gasteiger partial charge is 0.417 e. The topological polar surface area (TPSA) is 56.6 Å². The van der Waals surface area contributed by atoms with E-state index in [0.717, 1.165) is 43.0 Å². The first-order chi connectivity index (χ1) is 17.5. The van der Waals surface area contributed by atoms with Crippen LogP contribution in [0.25, 0.3) is 0 Å². The van der Waals surface area contributed by atoms with E-state index in [4.69, 9.17) is 21.1 Å². The number of aromatic nitrogens is 2. The Bertz CT molecular complexity index is 1450. The van der Waals surface area contributed by atoms with Gasteiger partial charge in [-0.15, -0.1) is 0 Å². The van der Waals surface area contributed by atoms with E-state index in [9.17, 15) is 26.7 Å². The lowest BCUT2D eigenvalue weighted by Crippen LogP contribution is -2.25. The predicted molar refractivity (Wildman–Crippen MR) is 123 cm³/mol. The highest BCUT2D eigenvalue weighted by Gasteiger charge is 2.54. The molecule has 1 aromatic heterocycles. The highest BCUT2D eigenvalue weighted by molar-refractivity contribution is 6.31. The van der Waals surface area contributed by atoms with Gasteiger partial charge >= 0.3 is 11.9 Å². The van der Waals surface area contributed by atoms with Gasteiger partial charge in [0.1, 0.15) is 18.2 Å². The summed E-state index contributed by atoms with van der Waals surface area (Å²) in [5.74, 6) is -2.82. The lowest BCUT2D eigenvalue weighted by atomic mass is 10.0. The third-order valence-electron chi connectivity index (χ3n) is 7.13. The van der Waals surface area contributed by atoms with Gasteiger partial charge in [0.25, 0.3) is 0 Å². The fourth-order valence-corrected chi connectivity index (χ4v) is 5.38. The van der Waals surface area contributed by atoms with Crippen LogP contribution in [0.15, 0.2) is 41.2 Å². The van der Waals surface area contributed by atoms with Gasteiger partial charge in [-0.25, -0.2) is 13.6 Å². The monoisotopic (exact) mass is 539 g/mol. The van der Waals surface area contributed by atoms with Crippen LogP contribution in [0.4, 0.5) is 27.8 Å². The number of halogens is 6. The molecular weight excluding hydrogens is 521 g/mol. The van der Waals surface area contributed by atoms with E-state index in [1.54, 1.807) is 10.6 Å². The summed E-state index contributed by atoms with van der Waals surface area (Å²) in [5.41, 5.74) is -1.21. The van der Waals surface area contributed by atoms with Gasteiger partial charge in [0.05, 0.1) is 10.6 Å². The molecule has 0 radical (unpaired) electrons. The maximum atomic E-state index is 14.7. The number of benzene rings is 2. The Morgan fingerprint density at radius 1 is 1.11 bits per heavy atom. The molecule has 2 aliphatic heterocycles. The summed E-state index contributed by atoms with van der Waals surface area (Å²) < 4.78 is 80.8. The number of anilines is 1. The van der Waals surface area contributed by atoms with Gasteiger partial charge in [-0.2, -0.15) is 18.2 Å². The second-order valence-corrected chi connectivity index (χ2v) is 10.2. The summed E-state index contributed by atoms with van der Waals surface area (Å²) >= 11 is 5.57. The largest absolute Gasteiger partial charge is 0.473 e. The Labute approximate surface area is 212 Å². The van der Waals surface area contributed by atoms with Crippen molar-refractivity contribution >= 4 is 17.4 Å². The van der Waals surface area contributed by atoms with Crippen molar-refractivity contribution in [2.45, 2.75) is 44.6 Å². The van der Waals surface area contributed by atoms with Crippen molar-refractivity contribution in [3.05, 3.63) is 74.7 Å². The Hall–Kier alpha value is -3.34. The molecule has 3 heterocycles. The molecule has 37 heavy (non-hydrogen) atoms. The molecule has 0 bridgehead atoms. The minimum Gasteiger partial charge on any atom is -0.473 e. The van der Waals surface area contributed by atoms with Gasteiger partial charge in [-0.1, -0.05) is 11.6 Å². The summed E-state index contributed by atoms with van der Waals surface area (Å²) in [6.07, 6.45) is -1.34. The predicted octanol–water partition coefficient (Wildman–Crippen LogP) is 5.94. The van der Waals surface area contributed by atoms with Crippen molar-refractivity contribution in [3.8, 4) is 17.4 Å². The van der Waals surface area contributed by atoms with Crippen molar-refractivity contribution in [2.24, 2.45) is 5.41 Å². The van der Waals surface area contributed by atoms with E-state index < -0.39 is 45.6 Å². The van der Waals surface area contributed by atoms with E-state index in [1.807, 2.05) is 0 Å². The average Bonchev–Trinajstić information content (AvgIpc) is 3.36. The first kappa shape index (κ1) is 24.0. The van der Waals surface area contributed by atoms with Crippen LogP contribution in [0.5, 0.6) is 17.4 Å². The molecule has 1 atom stereocenters. The van der Waals surface area contributed by atoms with Crippen LogP contribution in [-0.4, -0.2) is 22.1 Å². The minimum absolute atomic E-state index is 0.0376. The number of hydrogen-bond acceptors (Lipinski definition) is 5. The molecule has 6 rings (SSSR count). The number of fused-ring (bicyclic) bond motifs is 3. The molecule has 1 spiro atoms. The van der Waals surface area contributed by atoms with Gasteiger partial charge in [0.2, 0.25) is 5.88 Å². The molecule has 3 aromatic rings. The lowest BCUT2D eigenvalue weighted by Gasteiger charge is -2.18. The van der Waals surface area contributed by atoms with E-state index >= 15 is 0 Å². The molecule has 1 aliphatic carbocycles. The van der Waals surface area contributed by atoms with Crippen LogP contribution in [-0.2, 0) is 19.3 Å². The third kappa shape index (κ3) is 4.39. The third-order valence-corrected chi connectivity index (χ3v) is 7.46. The summed E-state index contributed by atoms with van der Waals surface area (Å²) in [4.78, 5) is 18.7. The van der Waals surface area contributed by atoms with Gasteiger partial charge in [-0.3, -0.25) is 4.57 Å². The number of ether oxygens (including phenoxy) is 2. The fraction of sp³-hybridized carbons (Fsp3) is 0.360. The molecular formula is C25H19ClF5N3O3. The van der Waals surface area contributed by atoms with Crippen LogP contribution in [0, 0.1) is 17.0 Å². The van der Waals surface area contributed by atoms with Gasteiger partial charge in [0, 0.05) is 25.2 Å². The van der Waals surface area contributed by atoms with Crippen molar-refractivity contribution in [2.75, 3.05) is 11.4 Å². The lowest BCUT2D eigenvalue weighted by molar-refractivity contribution is -0.137. The number of nitrogens with zero attached hydrogens (tertiary/aromatic N) is 3. The van der Waals surface area contributed by atoms with Crippen LogP contribution < -0.4 is 20.1 Å². The maximum Gasteiger partial charge on any atom is 0.417 e. The Morgan fingerprint density at radius 3 is 2.51 bits per heavy atom. The van der Waals surface area contributed by atoms with E-state index in [0.29, 0.717) is 18.0 Å².